The Labute approximate surface area is 146 Å². The van der Waals surface area contributed by atoms with Crippen LogP contribution in [-0.2, 0) is 14.3 Å². The van der Waals surface area contributed by atoms with E-state index in [2.05, 4.69) is 5.10 Å². The topological polar surface area (TPSA) is 93.0 Å². The van der Waals surface area contributed by atoms with E-state index >= 15 is 0 Å². The van der Waals surface area contributed by atoms with E-state index in [1.54, 1.807) is 52.0 Å². The maximum atomic E-state index is 13.2. The van der Waals surface area contributed by atoms with Gasteiger partial charge in [0.25, 0.3) is 0 Å². The Morgan fingerprint density at radius 2 is 1.80 bits per heavy atom. The smallest absolute Gasteiger partial charge is 0.373 e. The lowest BCUT2D eigenvalue weighted by atomic mass is 9.94. The highest BCUT2D eigenvalue weighted by atomic mass is 16.5. The number of carboxylic acid groups (broad SMARTS) is 1. The Hall–Kier alpha value is -2.54. The normalized spacial score (nSPS) is 19.8. The molecule has 1 heterocycles. The summed E-state index contributed by atoms with van der Waals surface area (Å²) in [5.74, 6) is -1.99. The van der Waals surface area contributed by atoms with Crippen LogP contribution in [0.15, 0.2) is 29.4 Å². The van der Waals surface area contributed by atoms with Crippen molar-refractivity contribution in [3.63, 3.8) is 0 Å². The standard InChI is InChI=1S/C18H22N2O5/c1-5-25-16(23)10-14-12-8-6-7-9-13(12)17(24)20(19-14,11-15(21)22)18(2,3)4/h6-9H,5,10-11H2,1-4H3/p+1. The van der Waals surface area contributed by atoms with Crippen molar-refractivity contribution in [3.05, 3.63) is 35.4 Å². The molecular weight excluding hydrogens is 324 g/mol. The van der Waals surface area contributed by atoms with Gasteiger partial charge in [-0.3, -0.25) is 4.79 Å². The van der Waals surface area contributed by atoms with Crippen molar-refractivity contribution in [2.45, 2.75) is 39.7 Å². The van der Waals surface area contributed by atoms with Crippen LogP contribution in [0.1, 0.15) is 50.0 Å². The SMILES string of the molecule is CCOC(=O)CC1=N[N+](CC(=O)O)(C(C)(C)C)C(=O)c2ccccc21. The van der Waals surface area contributed by atoms with Crippen LogP contribution < -0.4 is 0 Å². The average molecular weight is 347 g/mol. The summed E-state index contributed by atoms with van der Waals surface area (Å²) in [5, 5.41) is 13.9. The average Bonchev–Trinajstić information content (AvgIpc) is 2.50. The second-order valence-corrected chi connectivity index (χ2v) is 6.87. The fraction of sp³-hybridized carbons (Fsp3) is 0.444. The Bertz CT molecular complexity index is 748. The van der Waals surface area contributed by atoms with Crippen LogP contribution in [0.3, 0.4) is 0 Å². The summed E-state index contributed by atoms with van der Waals surface area (Å²) in [7, 11) is 0. The molecule has 0 bridgehead atoms. The van der Waals surface area contributed by atoms with E-state index in [0.717, 1.165) is 0 Å². The molecule has 1 atom stereocenters. The number of rotatable bonds is 5. The molecule has 1 amide bonds. The molecule has 7 nitrogen and oxygen atoms in total. The molecule has 7 heteroatoms. The summed E-state index contributed by atoms with van der Waals surface area (Å²) in [5.41, 5.74) is 0.477. The van der Waals surface area contributed by atoms with Gasteiger partial charge in [0.05, 0.1) is 18.6 Å². The number of carbonyl (C=O) groups excluding carboxylic acids is 2. The third-order valence-corrected chi connectivity index (χ3v) is 4.19. The van der Waals surface area contributed by atoms with Crippen LogP contribution in [0, 0.1) is 0 Å². The van der Waals surface area contributed by atoms with Gasteiger partial charge in [0.1, 0.15) is 11.3 Å². The number of hydrogen-bond acceptors (Lipinski definition) is 5. The number of nitrogens with zero attached hydrogens (tertiary/aromatic N) is 2. The number of carboxylic acids is 1. The molecule has 0 radical (unpaired) electrons. The van der Waals surface area contributed by atoms with Gasteiger partial charge in [-0.05, 0) is 33.8 Å². The zero-order valence-corrected chi connectivity index (χ0v) is 14.9. The lowest BCUT2D eigenvalue weighted by Gasteiger charge is -2.41. The Kier molecular flexibility index (Phi) is 5.08. The maximum Gasteiger partial charge on any atom is 0.373 e. The number of fused-ring (bicyclic) bond motifs is 1. The summed E-state index contributed by atoms with van der Waals surface area (Å²) in [6.45, 7) is 6.72. The number of ether oxygens (including phenoxy) is 1. The number of esters is 1. The predicted octanol–water partition coefficient (Wildman–Crippen LogP) is 2.20. The molecule has 25 heavy (non-hydrogen) atoms. The van der Waals surface area contributed by atoms with Crippen LogP contribution in [0.5, 0.6) is 0 Å². The fourth-order valence-electron chi connectivity index (χ4n) is 2.90. The van der Waals surface area contributed by atoms with Gasteiger partial charge >= 0.3 is 17.8 Å². The zero-order chi connectivity index (χ0) is 18.8. The van der Waals surface area contributed by atoms with Crippen LogP contribution >= 0.6 is 0 Å². The minimum atomic E-state index is -1.14. The summed E-state index contributed by atoms with van der Waals surface area (Å²) < 4.78 is 4.36. The highest BCUT2D eigenvalue weighted by molar-refractivity contribution is 6.15. The molecule has 2 rings (SSSR count). The minimum Gasteiger partial charge on any atom is -0.477 e. The first-order chi connectivity index (χ1) is 11.6. The molecule has 1 aliphatic rings. The van der Waals surface area contributed by atoms with Crippen molar-refractivity contribution in [2.24, 2.45) is 5.10 Å². The number of aliphatic carboxylic acids is 1. The number of amides is 1. The minimum absolute atomic E-state index is 0.117. The highest BCUT2D eigenvalue weighted by Gasteiger charge is 2.54. The molecule has 1 aromatic carbocycles. The van der Waals surface area contributed by atoms with Crippen molar-refractivity contribution in [2.75, 3.05) is 13.2 Å². The Balaban J connectivity index is 2.66. The molecule has 0 fully saturated rings. The second kappa shape index (κ2) is 6.76. The molecule has 1 aliphatic heterocycles. The van der Waals surface area contributed by atoms with Gasteiger partial charge in [0.2, 0.25) is 6.54 Å². The van der Waals surface area contributed by atoms with E-state index in [-0.39, 0.29) is 13.0 Å². The van der Waals surface area contributed by atoms with Crippen molar-refractivity contribution in [3.8, 4) is 0 Å². The van der Waals surface area contributed by atoms with Gasteiger partial charge in [-0.2, -0.15) is 0 Å². The van der Waals surface area contributed by atoms with Crippen LogP contribution in [0.25, 0.3) is 0 Å². The van der Waals surface area contributed by atoms with Gasteiger partial charge < -0.3 is 9.84 Å². The highest BCUT2D eigenvalue weighted by Crippen LogP contribution is 2.34. The number of benzene rings is 1. The Morgan fingerprint density at radius 1 is 1.20 bits per heavy atom. The van der Waals surface area contributed by atoms with E-state index < -0.39 is 34.5 Å². The van der Waals surface area contributed by atoms with Gasteiger partial charge in [0.15, 0.2) is 0 Å². The van der Waals surface area contributed by atoms with E-state index in [4.69, 9.17) is 4.74 Å². The summed E-state index contributed by atoms with van der Waals surface area (Å²) in [4.78, 5) is 36.6. The number of quaternary nitrogens is 1. The zero-order valence-electron chi connectivity index (χ0n) is 14.9. The van der Waals surface area contributed by atoms with E-state index in [1.165, 1.54) is 0 Å². The van der Waals surface area contributed by atoms with Crippen LogP contribution in [-0.4, -0.2) is 51.9 Å². The molecule has 0 spiro atoms. The first-order valence-electron chi connectivity index (χ1n) is 8.11. The van der Waals surface area contributed by atoms with Crippen molar-refractivity contribution in [1.29, 1.82) is 0 Å². The van der Waals surface area contributed by atoms with Gasteiger partial charge in [0, 0.05) is 5.56 Å². The molecule has 0 saturated carbocycles. The van der Waals surface area contributed by atoms with Crippen molar-refractivity contribution < 1.29 is 28.8 Å². The van der Waals surface area contributed by atoms with Crippen molar-refractivity contribution in [1.82, 2.24) is 0 Å². The summed E-state index contributed by atoms with van der Waals surface area (Å²) in [6.07, 6.45) is -0.117. The largest absolute Gasteiger partial charge is 0.477 e. The molecular formula is C18H23N2O5+. The van der Waals surface area contributed by atoms with Crippen LogP contribution in [0.4, 0.5) is 0 Å². The first-order valence-corrected chi connectivity index (χ1v) is 8.11. The van der Waals surface area contributed by atoms with E-state index in [9.17, 15) is 19.5 Å². The molecule has 0 aromatic heterocycles. The number of hydrogen-bond donors (Lipinski definition) is 1. The molecule has 1 aromatic rings. The van der Waals surface area contributed by atoms with Gasteiger partial charge in [-0.15, -0.1) is 4.59 Å². The molecule has 1 unspecified atom stereocenters. The van der Waals surface area contributed by atoms with Crippen LogP contribution in [0.2, 0.25) is 0 Å². The predicted molar refractivity (Wildman–Crippen MR) is 91.1 cm³/mol. The number of carbonyl (C=O) groups is 3. The molecule has 0 aliphatic carbocycles. The fourth-order valence-corrected chi connectivity index (χ4v) is 2.90. The molecule has 134 valence electrons. The van der Waals surface area contributed by atoms with E-state index in [0.29, 0.717) is 16.8 Å². The summed E-state index contributed by atoms with van der Waals surface area (Å²) in [6, 6.07) is 6.81. The summed E-state index contributed by atoms with van der Waals surface area (Å²) >= 11 is 0. The molecule has 1 N–H and O–H groups in total. The third kappa shape index (κ3) is 3.46. The van der Waals surface area contributed by atoms with Gasteiger partial charge in [-0.25, -0.2) is 9.59 Å². The Morgan fingerprint density at radius 3 is 2.32 bits per heavy atom. The van der Waals surface area contributed by atoms with Crippen molar-refractivity contribution >= 4 is 23.6 Å². The lowest BCUT2D eigenvalue weighted by Crippen LogP contribution is -2.64. The monoisotopic (exact) mass is 347 g/mol. The second-order valence-electron chi connectivity index (χ2n) is 6.87. The molecule has 0 saturated heterocycles. The maximum absolute atomic E-state index is 13.2. The third-order valence-electron chi connectivity index (χ3n) is 4.19. The quantitative estimate of drug-likeness (QED) is 0.651. The lowest BCUT2D eigenvalue weighted by molar-refractivity contribution is -0.896. The first kappa shape index (κ1) is 18.8. The van der Waals surface area contributed by atoms with E-state index in [1.807, 2.05) is 0 Å². The van der Waals surface area contributed by atoms with Gasteiger partial charge in [-0.1, -0.05) is 23.3 Å².